The second-order valence-electron chi connectivity index (χ2n) is 9.35. The number of benzene rings is 2. The molecule has 0 bridgehead atoms. The van der Waals surface area contributed by atoms with E-state index >= 15 is 0 Å². The van der Waals surface area contributed by atoms with Crippen LogP contribution in [0.2, 0.25) is 0 Å². The van der Waals surface area contributed by atoms with Crippen molar-refractivity contribution in [2.75, 3.05) is 29.6 Å². The smallest absolute Gasteiger partial charge is 0.225 e. The molecular formula is C26H34N6S. The molecule has 0 saturated heterocycles. The lowest BCUT2D eigenvalue weighted by molar-refractivity contribution is 0.387. The zero-order chi connectivity index (χ0) is 23.5. The van der Waals surface area contributed by atoms with Crippen molar-refractivity contribution in [3.63, 3.8) is 0 Å². The number of aromatic nitrogens is 2. The molecule has 174 valence electrons. The third-order valence-electron chi connectivity index (χ3n) is 6.32. The van der Waals surface area contributed by atoms with E-state index in [-0.39, 0.29) is 0 Å². The van der Waals surface area contributed by atoms with Crippen LogP contribution in [0, 0.1) is 20.8 Å². The molecule has 0 radical (unpaired) electrons. The molecule has 3 aromatic rings. The fourth-order valence-electron chi connectivity index (χ4n) is 4.74. The number of nitrogens with one attached hydrogen (secondary N) is 3. The number of aryl methyl sites for hydroxylation is 3. The number of para-hydroxylation sites is 1. The number of hydrogen-bond donors (Lipinski definition) is 3. The van der Waals surface area contributed by atoms with Gasteiger partial charge >= 0.3 is 0 Å². The summed E-state index contributed by atoms with van der Waals surface area (Å²) >= 11 is 5.62. The lowest BCUT2D eigenvalue weighted by Crippen LogP contribution is -2.42. The second kappa shape index (κ2) is 9.91. The number of thiocarbonyl (C=S) groups is 1. The van der Waals surface area contributed by atoms with E-state index < -0.39 is 0 Å². The number of nitrogens with zero attached hydrogens (tertiary/aromatic N) is 3. The molecule has 0 aliphatic heterocycles. The van der Waals surface area contributed by atoms with Gasteiger partial charge < -0.3 is 20.9 Å². The Kier molecular flexibility index (Phi) is 6.98. The average Bonchev–Trinajstić information content (AvgIpc) is 2.77. The Balaban J connectivity index is 1.34. The van der Waals surface area contributed by atoms with Crippen LogP contribution < -0.4 is 20.9 Å². The van der Waals surface area contributed by atoms with Gasteiger partial charge in [0.05, 0.1) is 5.52 Å². The molecule has 7 heteroatoms. The maximum absolute atomic E-state index is 5.62. The molecule has 1 aromatic heterocycles. The van der Waals surface area contributed by atoms with E-state index in [2.05, 4.69) is 54.9 Å². The van der Waals surface area contributed by atoms with Gasteiger partial charge in [-0.1, -0.05) is 29.8 Å². The highest BCUT2D eigenvalue weighted by Gasteiger charge is 2.23. The van der Waals surface area contributed by atoms with Crippen LogP contribution in [0.3, 0.4) is 0 Å². The van der Waals surface area contributed by atoms with Gasteiger partial charge in [0.1, 0.15) is 5.82 Å². The highest BCUT2D eigenvalue weighted by molar-refractivity contribution is 7.80. The van der Waals surface area contributed by atoms with E-state index in [9.17, 15) is 0 Å². The number of hydrogen-bond acceptors (Lipinski definition) is 5. The van der Waals surface area contributed by atoms with Gasteiger partial charge in [-0.05, 0) is 81.9 Å². The maximum atomic E-state index is 5.62. The van der Waals surface area contributed by atoms with Crippen molar-refractivity contribution in [2.45, 2.75) is 58.5 Å². The van der Waals surface area contributed by atoms with Crippen molar-refractivity contribution in [1.29, 1.82) is 0 Å². The molecule has 1 aliphatic rings. The first kappa shape index (κ1) is 23.2. The van der Waals surface area contributed by atoms with Crippen LogP contribution in [-0.2, 0) is 0 Å². The molecule has 1 aliphatic carbocycles. The molecule has 0 unspecified atom stereocenters. The number of rotatable bonds is 5. The van der Waals surface area contributed by atoms with E-state index in [1.807, 2.05) is 37.2 Å². The van der Waals surface area contributed by atoms with Crippen molar-refractivity contribution in [2.24, 2.45) is 0 Å². The zero-order valence-corrected chi connectivity index (χ0v) is 21.0. The minimum atomic E-state index is 0.363. The third-order valence-corrected chi connectivity index (χ3v) is 6.54. The predicted octanol–water partition coefficient (Wildman–Crippen LogP) is 5.33. The summed E-state index contributed by atoms with van der Waals surface area (Å²) in [6.07, 6.45) is 4.21. The molecule has 2 aromatic carbocycles. The molecule has 0 spiro atoms. The summed E-state index contributed by atoms with van der Waals surface area (Å²) < 4.78 is 0. The first-order valence-electron chi connectivity index (χ1n) is 11.7. The van der Waals surface area contributed by atoms with Gasteiger partial charge in [0.25, 0.3) is 0 Å². The quantitative estimate of drug-likeness (QED) is 0.443. The standard InChI is InChI=1S/C26H34N6S/c1-16-14-17(2)23(18(3)15-16)30-26(33)28-20-12-10-19(11-13-20)27-25-29-22-9-7-6-8-21(22)24(31-25)32(4)5/h6-9,14-15,19-20H,10-13H2,1-5H3,(H,27,29,31)(H2,28,30,33)/t19-,20+. The average molecular weight is 463 g/mol. The second-order valence-corrected chi connectivity index (χ2v) is 9.76. The lowest BCUT2D eigenvalue weighted by atomic mass is 9.91. The van der Waals surface area contributed by atoms with Crippen LogP contribution in [0.1, 0.15) is 42.4 Å². The van der Waals surface area contributed by atoms with Crippen LogP contribution in [0.15, 0.2) is 36.4 Å². The highest BCUT2D eigenvalue weighted by atomic mass is 32.1. The minimum absolute atomic E-state index is 0.363. The molecule has 1 heterocycles. The van der Waals surface area contributed by atoms with Gasteiger partial charge in [-0.3, -0.25) is 0 Å². The molecule has 0 atom stereocenters. The van der Waals surface area contributed by atoms with E-state index in [1.165, 1.54) is 16.7 Å². The van der Waals surface area contributed by atoms with Crippen molar-refractivity contribution in [3.8, 4) is 0 Å². The van der Waals surface area contributed by atoms with E-state index in [0.29, 0.717) is 23.1 Å². The molecule has 3 N–H and O–H groups in total. The Bertz CT molecular complexity index is 1130. The van der Waals surface area contributed by atoms with Crippen LogP contribution in [-0.4, -0.2) is 41.3 Å². The summed E-state index contributed by atoms with van der Waals surface area (Å²) in [5, 5.41) is 12.3. The van der Waals surface area contributed by atoms with Gasteiger partial charge in [0.15, 0.2) is 5.11 Å². The molecule has 1 fully saturated rings. The fourth-order valence-corrected chi connectivity index (χ4v) is 5.01. The zero-order valence-electron chi connectivity index (χ0n) is 20.2. The summed E-state index contributed by atoms with van der Waals surface area (Å²) in [6.45, 7) is 6.37. The summed E-state index contributed by atoms with van der Waals surface area (Å²) in [7, 11) is 4.04. The Morgan fingerprint density at radius 3 is 2.24 bits per heavy atom. The van der Waals surface area contributed by atoms with E-state index in [1.54, 1.807) is 0 Å². The number of fused-ring (bicyclic) bond motifs is 1. The van der Waals surface area contributed by atoms with Crippen LogP contribution >= 0.6 is 12.2 Å². The molecular weight excluding hydrogens is 428 g/mol. The minimum Gasteiger partial charge on any atom is -0.362 e. The Morgan fingerprint density at radius 1 is 0.939 bits per heavy atom. The Labute approximate surface area is 202 Å². The summed E-state index contributed by atoms with van der Waals surface area (Å²) in [4.78, 5) is 11.6. The fraction of sp³-hybridized carbons (Fsp3) is 0.423. The Hall–Kier alpha value is -2.93. The predicted molar refractivity (Wildman–Crippen MR) is 144 cm³/mol. The first-order valence-corrected chi connectivity index (χ1v) is 12.1. The van der Waals surface area contributed by atoms with E-state index in [0.717, 1.165) is 48.1 Å². The van der Waals surface area contributed by atoms with Gasteiger partial charge in [0, 0.05) is 37.3 Å². The van der Waals surface area contributed by atoms with Crippen molar-refractivity contribution < 1.29 is 0 Å². The largest absolute Gasteiger partial charge is 0.362 e. The van der Waals surface area contributed by atoms with Crippen LogP contribution in [0.5, 0.6) is 0 Å². The highest BCUT2D eigenvalue weighted by Crippen LogP contribution is 2.27. The summed E-state index contributed by atoms with van der Waals surface area (Å²) in [5.41, 5.74) is 5.79. The van der Waals surface area contributed by atoms with Crippen molar-refractivity contribution in [1.82, 2.24) is 15.3 Å². The van der Waals surface area contributed by atoms with Gasteiger partial charge in [0.2, 0.25) is 5.95 Å². The SMILES string of the molecule is Cc1cc(C)c(NC(=S)N[C@H]2CC[C@@H](Nc3nc(N(C)C)c4ccccc4n3)CC2)c(C)c1. The maximum Gasteiger partial charge on any atom is 0.225 e. The van der Waals surface area contributed by atoms with Crippen molar-refractivity contribution >= 4 is 45.7 Å². The summed E-state index contributed by atoms with van der Waals surface area (Å²) in [6, 6.07) is 13.3. The van der Waals surface area contributed by atoms with Crippen molar-refractivity contribution in [3.05, 3.63) is 53.1 Å². The molecule has 4 rings (SSSR count). The van der Waals surface area contributed by atoms with Crippen LogP contribution in [0.4, 0.5) is 17.5 Å². The normalized spacial score (nSPS) is 18.1. The lowest BCUT2D eigenvalue weighted by Gasteiger charge is -2.31. The van der Waals surface area contributed by atoms with Gasteiger partial charge in [-0.15, -0.1) is 0 Å². The van der Waals surface area contributed by atoms with Gasteiger partial charge in [-0.2, -0.15) is 4.98 Å². The third kappa shape index (κ3) is 5.53. The monoisotopic (exact) mass is 462 g/mol. The molecule has 33 heavy (non-hydrogen) atoms. The summed E-state index contributed by atoms with van der Waals surface area (Å²) in [5.74, 6) is 1.65. The first-order chi connectivity index (χ1) is 15.8. The number of anilines is 3. The Morgan fingerprint density at radius 2 is 1.58 bits per heavy atom. The van der Waals surface area contributed by atoms with Gasteiger partial charge in [-0.25, -0.2) is 4.98 Å². The molecule has 6 nitrogen and oxygen atoms in total. The van der Waals surface area contributed by atoms with E-state index in [4.69, 9.17) is 22.2 Å². The molecule has 1 saturated carbocycles. The molecule has 0 amide bonds. The van der Waals surface area contributed by atoms with Crippen LogP contribution in [0.25, 0.3) is 10.9 Å². The topological polar surface area (TPSA) is 65.1 Å².